The molecule has 3 N–H and O–H groups in total. The molecule has 1 saturated carbocycles. The van der Waals surface area contributed by atoms with Crippen molar-refractivity contribution in [3.63, 3.8) is 0 Å². The number of carbonyl (C=O) groups is 2. The van der Waals surface area contributed by atoms with E-state index in [1.807, 2.05) is 0 Å². The minimum absolute atomic E-state index is 0.0247. The van der Waals surface area contributed by atoms with Crippen LogP contribution in [-0.4, -0.2) is 37.5 Å². The molecule has 5 rings (SSSR count). The number of hydrogen-bond acceptors (Lipinski definition) is 6. The number of carboxylic acids is 1. The summed E-state index contributed by atoms with van der Waals surface area (Å²) >= 11 is 0. The first-order valence-corrected chi connectivity index (χ1v) is 15.6. The average Bonchev–Trinajstić information content (AvgIpc) is 3.00. The lowest BCUT2D eigenvalue weighted by molar-refractivity contribution is -0.115. The Kier molecular flexibility index (Phi) is 9.56. The van der Waals surface area contributed by atoms with Crippen molar-refractivity contribution in [2.45, 2.75) is 49.1 Å². The standard InChI is InChI=1S/C33H31FN2O7S/c34-29-6-2-4-8-31(29)44(40,41)36-23-11-15-25(16-12-23)43-27-19-17-26(18-20-27)42-24-13-9-22(10-14-24)21-32(37)35-30-7-3-1-5-28(30)33(38)39/h1-10,13-14,17-20,23,25,36H,11-12,15-16,21H2,(H,35,37)(H,38,39). The molecular formula is C33H31FN2O7S. The van der Waals surface area contributed by atoms with Crippen LogP contribution in [0.3, 0.4) is 0 Å². The number of anilines is 1. The molecule has 0 aromatic heterocycles. The Morgan fingerprint density at radius 3 is 2.05 bits per heavy atom. The predicted octanol–water partition coefficient (Wildman–Crippen LogP) is 6.17. The van der Waals surface area contributed by atoms with Gasteiger partial charge in [0.25, 0.3) is 0 Å². The molecule has 1 aliphatic rings. The van der Waals surface area contributed by atoms with Crippen molar-refractivity contribution in [1.29, 1.82) is 0 Å². The molecule has 228 valence electrons. The van der Waals surface area contributed by atoms with Crippen LogP contribution in [0.5, 0.6) is 17.2 Å². The van der Waals surface area contributed by atoms with Gasteiger partial charge >= 0.3 is 5.97 Å². The van der Waals surface area contributed by atoms with Gasteiger partial charge in [0.1, 0.15) is 28.0 Å². The topological polar surface area (TPSA) is 131 Å². The second-order valence-electron chi connectivity index (χ2n) is 10.4. The van der Waals surface area contributed by atoms with Gasteiger partial charge in [0.05, 0.1) is 23.8 Å². The quantitative estimate of drug-likeness (QED) is 0.183. The molecule has 0 aliphatic heterocycles. The number of carboxylic acid groups (broad SMARTS) is 1. The highest BCUT2D eigenvalue weighted by atomic mass is 32.2. The third kappa shape index (κ3) is 8.00. The van der Waals surface area contributed by atoms with E-state index >= 15 is 0 Å². The van der Waals surface area contributed by atoms with Gasteiger partial charge in [-0.1, -0.05) is 36.4 Å². The lowest BCUT2D eigenvalue weighted by Crippen LogP contribution is -2.39. The Labute approximate surface area is 254 Å². The fourth-order valence-corrected chi connectivity index (χ4v) is 6.38. The molecule has 44 heavy (non-hydrogen) atoms. The van der Waals surface area contributed by atoms with E-state index in [1.165, 1.54) is 24.3 Å². The molecule has 0 bridgehead atoms. The third-order valence-electron chi connectivity index (χ3n) is 7.20. The molecule has 4 aromatic rings. The van der Waals surface area contributed by atoms with Crippen LogP contribution in [-0.2, 0) is 21.2 Å². The highest BCUT2D eigenvalue weighted by molar-refractivity contribution is 7.89. The van der Waals surface area contributed by atoms with Gasteiger partial charge in [-0.25, -0.2) is 22.3 Å². The van der Waals surface area contributed by atoms with Gasteiger partial charge in [-0.3, -0.25) is 4.79 Å². The van der Waals surface area contributed by atoms with Crippen LogP contribution in [0.1, 0.15) is 41.6 Å². The Bertz CT molecular complexity index is 1720. The second-order valence-corrected chi connectivity index (χ2v) is 12.1. The van der Waals surface area contributed by atoms with Gasteiger partial charge in [-0.2, -0.15) is 0 Å². The first-order chi connectivity index (χ1) is 21.2. The zero-order chi connectivity index (χ0) is 31.1. The van der Waals surface area contributed by atoms with E-state index < -0.39 is 21.8 Å². The van der Waals surface area contributed by atoms with Crippen molar-refractivity contribution in [1.82, 2.24) is 4.72 Å². The number of carbonyl (C=O) groups excluding carboxylic acids is 1. The number of rotatable bonds is 11. The van der Waals surface area contributed by atoms with Gasteiger partial charge in [-0.15, -0.1) is 0 Å². The van der Waals surface area contributed by atoms with Crippen molar-refractivity contribution in [2.24, 2.45) is 0 Å². The van der Waals surface area contributed by atoms with Crippen LogP contribution in [0.15, 0.2) is 102 Å². The summed E-state index contributed by atoms with van der Waals surface area (Å²) in [6.45, 7) is 0. The molecule has 4 aromatic carbocycles. The van der Waals surface area contributed by atoms with Gasteiger partial charge < -0.3 is 19.9 Å². The van der Waals surface area contributed by atoms with Crippen molar-refractivity contribution in [3.05, 3.63) is 114 Å². The van der Waals surface area contributed by atoms with Gasteiger partial charge in [-0.05, 0) is 91.9 Å². The second kappa shape index (κ2) is 13.7. The van der Waals surface area contributed by atoms with Crippen molar-refractivity contribution in [2.75, 3.05) is 5.32 Å². The number of ether oxygens (including phenoxy) is 2. The highest BCUT2D eigenvalue weighted by Crippen LogP contribution is 2.28. The van der Waals surface area contributed by atoms with Gasteiger partial charge in [0, 0.05) is 6.04 Å². The Balaban J connectivity index is 1.07. The SMILES string of the molecule is O=C(Cc1ccc(Oc2ccc(OC3CCC(NS(=O)(=O)c4ccccc4F)CC3)cc2)cc1)Nc1ccccc1C(=O)O. The largest absolute Gasteiger partial charge is 0.490 e. The van der Waals surface area contributed by atoms with E-state index in [0.29, 0.717) is 42.9 Å². The average molecular weight is 619 g/mol. The van der Waals surface area contributed by atoms with Crippen molar-refractivity contribution >= 4 is 27.6 Å². The molecule has 11 heteroatoms. The lowest BCUT2D eigenvalue weighted by Gasteiger charge is -2.29. The molecule has 0 atom stereocenters. The van der Waals surface area contributed by atoms with Crippen LogP contribution < -0.4 is 19.5 Å². The summed E-state index contributed by atoms with van der Waals surface area (Å²) in [6.07, 6.45) is 2.45. The molecule has 1 amide bonds. The summed E-state index contributed by atoms with van der Waals surface area (Å²) < 4.78 is 53.8. The molecule has 1 aliphatic carbocycles. The molecule has 0 spiro atoms. The summed E-state index contributed by atoms with van der Waals surface area (Å²) in [4.78, 5) is 23.5. The molecule has 1 fully saturated rings. The molecule has 0 heterocycles. The fraction of sp³-hybridized carbons (Fsp3) is 0.212. The minimum Gasteiger partial charge on any atom is -0.490 e. The molecule has 0 radical (unpaired) electrons. The van der Waals surface area contributed by atoms with Crippen LogP contribution in [0, 0.1) is 5.82 Å². The molecule has 9 nitrogen and oxygen atoms in total. The predicted molar refractivity (Wildman–Crippen MR) is 162 cm³/mol. The number of amides is 1. The van der Waals surface area contributed by atoms with Crippen molar-refractivity contribution in [3.8, 4) is 17.2 Å². The molecule has 0 saturated heterocycles. The van der Waals surface area contributed by atoms with E-state index in [9.17, 15) is 27.5 Å². The summed E-state index contributed by atoms with van der Waals surface area (Å²) in [5, 5.41) is 11.9. The zero-order valence-electron chi connectivity index (χ0n) is 23.6. The number of para-hydroxylation sites is 1. The smallest absolute Gasteiger partial charge is 0.337 e. The van der Waals surface area contributed by atoms with Gasteiger partial charge in [0.15, 0.2) is 0 Å². The fourth-order valence-electron chi connectivity index (χ4n) is 4.99. The Hall–Kier alpha value is -4.74. The Morgan fingerprint density at radius 2 is 1.39 bits per heavy atom. The maximum Gasteiger partial charge on any atom is 0.337 e. The van der Waals surface area contributed by atoms with Crippen molar-refractivity contribution < 1.29 is 37.0 Å². The first-order valence-electron chi connectivity index (χ1n) is 14.1. The zero-order valence-corrected chi connectivity index (χ0v) is 24.4. The van der Waals surface area contributed by atoms with E-state index in [2.05, 4.69) is 10.0 Å². The third-order valence-corrected chi connectivity index (χ3v) is 8.76. The summed E-state index contributed by atoms with van der Waals surface area (Å²) in [7, 11) is -3.94. The number of sulfonamides is 1. The summed E-state index contributed by atoms with van der Waals surface area (Å²) in [6, 6.07) is 25.5. The lowest BCUT2D eigenvalue weighted by atomic mass is 9.94. The number of hydrogen-bond donors (Lipinski definition) is 3. The van der Waals surface area contributed by atoms with E-state index in [0.717, 1.165) is 11.6 Å². The van der Waals surface area contributed by atoms with E-state index in [4.69, 9.17) is 9.47 Å². The maximum absolute atomic E-state index is 14.0. The first kappa shape index (κ1) is 30.7. The highest BCUT2D eigenvalue weighted by Gasteiger charge is 2.28. The monoisotopic (exact) mass is 618 g/mol. The summed E-state index contributed by atoms with van der Waals surface area (Å²) in [5.41, 5.74) is 1.01. The van der Waals surface area contributed by atoms with Crippen LogP contribution in [0.4, 0.5) is 10.1 Å². The molecule has 0 unspecified atom stereocenters. The normalized spacial score (nSPS) is 16.6. The number of halogens is 1. The number of nitrogens with one attached hydrogen (secondary N) is 2. The molecular weight excluding hydrogens is 587 g/mol. The number of benzene rings is 4. The van der Waals surface area contributed by atoms with Crippen LogP contribution in [0.2, 0.25) is 0 Å². The van der Waals surface area contributed by atoms with Gasteiger partial charge in [0.2, 0.25) is 15.9 Å². The minimum atomic E-state index is -3.94. The maximum atomic E-state index is 14.0. The van der Waals surface area contributed by atoms with Crippen LogP contribution >= 0.6 is 0 Å². The summed E-state index contributed by atoms with van der Waals surface area (Å²) in [5.74, 6) is -0.381. The van der Waals surface area contributed by atoms with E-state index in [-0.39, 0.29) is 40.6 Å². The van der Waals surface area contributed by atoms with Crippen LogP contribution in [0.25, 0.3) is 0 Å². The van der Waals surface area contributed by atoms with E-state index in [1.54, 1.807) is 66.7 Å². The number of aromatic carboxylic acids is 1. The Morgan fingerprint density at radius 1 is 0.795 bits per heavy atom.